The summed E-state index contributed by atoms with van der Waals surface area (Å²) in [6, 6.07) is 4.23. The average Bonchev–Trinajstić information content (AvgIpc) is 3.15. The molecule has 27 heavy (non-hydrogen) atoms. The molecule has 0 aliphatic rings. The van der Waals surface area contributed by atoms with Crippen LogP contribution in [0.25, 0.3) is 5.95 Å². The number of amides is 2. The lowest BCUT2D eigenvalue weighted by Gasteiger charge is -2.16. The van der Waals surface area contributed by atoms with Gasteiger partial charge in [-0.1, -0.05) is 11.6 Å². The number of anilines is 1. The third-order valence-corrected chi connectivity index (χ3v) is 4.19. The lowest BCUT2D eigenvalue weighted by Crippen LogP contribution is -2.33. The Bertz CT molecular complexity index is 946. The van der Waals surface area contributed by atoms with Crippen LogP contribution >= 0.6 is 11.6 Å². The zero-order chi connectivity index (χ0) is 19.4. The number of carbonyl (C=O) groups excluding carboxylic acids is 1. The molecule has 2 amide bonds. The molecule has 0 unspecified atom stereocenters. The van der Waals surface area contributed by atoms with E-state index in [-0.39, 0.29) is 0 Å². The van der Waals surface area contributed by atoms with E-state index in [4.69, 9.17) is 16.3 Å². The van der Waals surface area contributed by atoms with E-state index in [0.717, 1.165) is 5.56 Å². The normalized spacial score (nSPS) is 11.7. The first-order chi connectivity index (χ1) is 13.0. The van der Waals surface area contributed by atoms with E-state index in [1.54, 1.807) is 37.5 Å². The quantitative estimate of drug-likeness (QED) is 0.697. The molecule has 0 aliphatic carbocycles. The predicted octanol–water partition coefficient (Wildman–Crippen LogP) is 2.91. The number of urea groups is 1. The Balaban J connectivity index is 1.74. The number of nitrogens with one attached hydrogen (secondary N) is 2. The van der Waals surface area contributed by atoms with Gasteiger partial charge in [0.1, 0.15) is 12.1 Å². The van der Waals surface area contributed by atoms with E-state index < -0.39 is 12.1 Å². The zero-order valence-corrected chi connectivity index (χ0v) is 15.7. The van der Waals surface area contributed by atoms with Crippen LogP contribution in [0, 0.1) is 6.92 Å². The molecule has 0 saturated carbocycles. The number of halogens is 1. The number of aryl methyl sites for hydroxylation is 1. The zero-order valence-electron chi connectivity index (χ0n) is 15.0. The number of rotatable bonds is 5. The van der Waals surface area contributed by atoms with Crippen LogP contribution in [0.15, 0.2) is 36.9 Å². The number of carbonyl (C=O) groups is 1. The van der Waals surface area contributed by atoms with Crippen molar-refractivity contribution in [3.63, 3.8) is 0 Å². The first-order valence-corrected chi connectivity index (χ1v) is 8.46. The minimum absolute atomic E-state index is 0.369. The van der Waals surface area contributed by atoms with Gasteiger partial charge in [0.25, 0.3) is 5.95 Å². The second-order valence-electron chi connectivity index (χ2n) is 5.70. The molecule has 0 fully saturated rings. The minimum atomic E-state index is -0.448. The third kappa shape index (κ3) is 4.14. The molecule has 1 atom stereocenters. The molecule has 3 rings (SSSR count). The van der Waals surface area contributed by atoms with Crippen LogP contribution in [0.4, 0.5) is 10.5 Å². The molecule has 3 aromatic rings. The van der Waals surface area contributed by atoms with Crippen molar-refractivity contribution in [2.75, 3.05) is 12.4 Å². The molecule has 140 valence electrons. The Hall–Kier alpha value is -3.20. The maximum absolute atomic E-state index is 12.4. The van der Waals surface area contributed by atoms with Gasteiger partial charge < -0.3 is 15.4 Å². The molecule has 2 N–H and O–H groups in total. The topological polar surface area (TPSA) is 107 Å². The van der Waals surface area contributed by atoms with Crippen molar-refractivity contribution in [2.45, 2.75) is 19.9 Å². The summed E-state index contributed by atoms with van der Waals surface area (Å²) in [4.78, 5) is 24.9. The molecule has 2 aromatic heterocycles. The van der Waals surface area contributed by atoms with Gasteiger partial charge in [0, 0.05) is 23.5 Å². The van der Waals surface area contributed by atoms with E-state index in [1.165, 1.54) is 18.1 Å². The maximum Gasteiger partial charge on any atom is 0.319 e. The first kappa shape index (κ1) is 18.6. The monoisotopic (exact) mass is 387 g/mol. The summed E-state index contributed by atoms with van der Waals surface area (Å²) < 4.78 is 6.74. The summed E-state index contributed by atoms with van der Waals surface area (Å²) in [5, 5.41) is 10.2. The van der Waals surface area contributed by atoms with E-state index in [1.807, 2.05) is 6.92 Å². The van der Waals surface area contributed by atoms with E-state index in [9.17, 15) is 4.79 Å². The fraction of sp³-hybridized carbons (Fsp3) is 0.235. The van der Waals surface area contributed by atoms with Crippen LogP contribution < -0.4 is 15.4 Å². The van der Waals surface area contributed by atoms with E-state index >= 15 is 0 Å². The van der Waals surface area contributed by atoms with Crippen molar-refractivity contribution in [3.8, 4) is 11.7 Å². The van der Waals surface area contributed by atoms with Crippen LogP contribution in [-0.4, -0.2) is 37.9 Å². The summed E-state index contributed by atoms with van der Waals surface area (Å²) in [7, 11) is 1.51. The smallest absolute Gasteiger partial charge is 0.319 e. The molecule has 10 heteroatoms. The lowest BCUT2D eigenvalue weighted by molar-refractivity contribution is 0.248. The summed E-state index contributed by atoms with van der Waals surface area (Å²) in [6.07, 6.45) is 4.59. The van der Waals surface area contributed by atoms with Crippen LogP contribution in [0.3, 0.4) is 0 Å². The van der Waals surface area contributed by atoms with Crippen molar-refractivity contribution < 1.29 is 9.53 Å². The number of hydrogen-bond donors (Lipinski definition) is 2. The van der Waals surface area contributed by atoms with Gasteiger partial charge in [-0.25, -0.2) is 19.7 Å². The predicted molar refractivity (Wildman–Crippen MR) is 100 cm³/mol. The summed E-state index contributed by atoms with van der Waals surface area (Å²) in [5.74, 6) is 1.33. The van der Waals surface area contributed by atoms with E-state index in [2.05, 4.69) is 30.7 Å². The van der Waals surface area contributed by atoms with Crippen LogP contribution in [-0.2, 0) is 0 Å². The maximum atomic E-state index is 12.4. The van der Waals surface area contributed by atoms with Crippen molar-refractivity contribution >= 4 is 23.3 Å². The van der Waals surface area contributed by atoms with Crippen LogP contribution in [0.2, 0.25) is 5.02 Å². The number of ether oxygens (including phenoxy) is 1. The van der Waals surface area contributed by atoms with Gasteiger partial charge in [-0.05, 0) is 31.5 Å². The highest BCUT2D eigenvalue weighted by molar-refractivity contribution is 6.31. The second kappa shape index (κ2) is 8.00. The Kier molecular flexibility index (Phi) is 5.51. The highest BCUT2D eigenvalue weighted by Gasteiger charge is 2.19. The average molecular weight is 388 g/mol. The number of benzene rings is 1. The number of hydrogen-bond acceptors (Lipinski definition) is 6. The van der Waals surface area contributed by atoms with Gasteiger partial charge in [0.15, 0.2) is 5.82 Å². The minimum Gasteiger partial charge on any atom is -0.495 e. The van der Waals surface area contributed by atoms with Gasteiger partial charge in [-0.15, -0.1) is 0 Å². The van der Waals surface area contributed by atoms with Crippen molar-refractivity contribution in [1.29, 1.82) is 0 Å². The van der Waals surface area contributed by atoms with Crippen molar-refractivity contribution in [3.05, 3.63) is 53.3 Å². The molecule has 0 saturated heterocycles. The van der Waals surface area contributed by atoms with E-state index in [0.29, 0.717) is 28.2 Å². The standard InChI is InChI=1S/C17H18ClN7O2/c1-10-7-13(14(27-3)8-12(10)18)24-17(26)23-11(2)15-21-9-22-25(15)16-19-5-4-6-20-16/h4-9,11H,1-3H3,(H2,23,24,26)/t11-/m0/s1. The fourth-order valence-electron chi connectivity index (χ4n) is 2.45. The summed E-state index contributed by atoms with van der Waals surface area (Å²) in [6.45, 7) is 3.63. The molecule has 1 aromatic carbocycles. The molecule has 0 spiro atoms. The van der Waals surface area contributed by atoms with Crippen LogP contribution in [0.5, 0.6) is 5.75 Å². The second-order valence-corrected chi connectivity index (χ2v) is 6.11. The molecule has 2 heterocycles. The molecule has 0 radical (unpaired) electrons. The molecule has 9 nitrogen and oxygen atoms in total. The number of aromatic nitrogens is 5. The Morgan fingerprint density at radius 1 is 1.26 bits per heavy atom. The molecular formula is C17H18ClN7O2. The highest BCUT2D eigenvalue weighted by Crippen LogP contribution is 2.30. The van der Waals surface area contributed by atoms with Gasteiger partial charge in [0.2, 0.25) is 0 Å². The highest BCUT2D eigenvalue weighted by atomic mass is 35.5. The van der Waals surface area contributed by atoms with Gasteiger partial charge in [-0.3, -0.25) is 0 Å². The number of methoxy groups -OCH3 is 1. The van der Waals surface area contributed by atoms with Crippen molar-refractivity contribution in [1.82, 2.24) is 30.0 Å². The molecule has 0 bridgehead atoms. The van der Waals surface area contributed by atoms with Gasteiger partial charge in [-0.2, -0.15) is 9.78 Å². The first-order valence-electron chi connectivity index (χ1n) is 8.08. The van der Waals surface area contributed by atoms with Gasteiger partial charge in [0.05, 0.1) is 18.8 Å². The third-order valence-electron chi connectivity index (χ3n) is 3.78. The Labute approximate surface area is 160 Å². The molecule has 0 aliphatic heterocycles. The van der Waals surface area contributed by atoms with Gasteiger partial charge >= 0.3 is 6.03 Å². The van der Waals surface area contributed by atoms with Crippen LogP contribution in [0.1, 0.15) is 24.4 Å². The Morgan fingerprint density at radius 2 is 2.00 bits per heavy atom. The number of nitrogens with zero attached hydrogens (tertiary/aromatic N) is 5. The molecular weight excluding hydrogens is 370 g/mol. The summed E-state index contributed by atoms with van der Waals surface area (Å²) in [5.41, 5.74) is 1.33. The lowest BCUT2D eigenvalue weighted by atomic mass is 10.2. The Morgan fingerprint density at radius 3 is 2.70 bits per heavy atom. The largest absolute Gasteiger partial charge is 0.495 e. The fourth-order valence-corrected chi connectivity index (χ4v) is 2.60. The van der Waals surface area contributed by atoms with Crippen molar-refractivity contribution in [2.24, 2.45) is 0 Å². The SMILES string of the molecule is COc1cc(Cl)c(C)cc1NC(=O)N[C@@H](C)c1ncnn1-c1ncccn1. The summed E-state index contributed by atoms with van der Waals surface area (Å²) >= 11 is 6.09.